The van der Waals surface area contributed by atoms with Crippen LogP contribution < -0.4 is 19.8 Å². The number of hydrogen-bond acceptors (Lipinski definition) is 8. The summed E-state index contributed by atoms with van der Waals surface area (Å²) in [5.74, 6) is 1.80. The highest BCUT2D eigenvalue weighted by atomic mass is 79.9. The molecule has 2 aromatic carbocycles. The number of aromatic hydroxyl groups is 1. The molecule has 0 saturated carbocycles. The third kappa shape index (κ3) is 3.48. The molecule has 0 aliphatic heterocycles. The van der Waals surface area contributed by atoms with Crippen LogP contribution in [0.25, 0.3) is 31.7 Å². The van der Waals surface area contributed by atoms with E-state index >= 15 is 0 Å². The predicted octanol–water partition coefficient (Wildman–Crippen LogP) is 4.42. The first-order chi connectivity index (χ1) is 15.5. The van der Waals surface area contributed by atoms with Crippen molar-refractivity contribution in [1.29, 1.82) is 0 Å². The summed E-state index contributed by atoms with van der Waals surface area (Å²) in [6.07, 6.45) is 0. The quantitative estimate of drug-likeness (QED) is 0.385. The maximum atomic E-state index is 13.6. The van der Waals surface area contributed by atoms with Gasteiger partial charge in [0.2, 0.25) is 5.75 Å². The minimum atomic E-state index is -0.223. The third-order valence-electron chi connectivity index (χ3n) is 5.13. The summed E-state index contributed by atoms with van der Waals surface area (Å²) in [6.45, 7) is 0.600. The number of ether oxygens (including phenoxy) is 4. The van der Waals surface area contributed by atoms with E-state index in [-0.39, 0.29) is 17.9 Å². The molecule has 0 unspecified atom stereocenters. The van der Waals surface area contributed by atoms with Crippen molar-refractivity contribution in [3.05, 3.63) is 39.1 Å². The topological polar surface area (TPSA) is 92.0 Å². The van der Waals surface area contributed by atoms with Gasteiger partial charge >= 0.3 is 0 Å². The summed E-state index contributed by atoms with van der Waals surface area (Å²) in [7, 11) is 6.15. The first-order valence-corrected chi connectivity index (χ1v) is 11.2. The summed E-state index contributed by atoms with van der Waals surface area (Å²) in [5.41, 5.74) is 0.371. The fraction of sp³-hybridized carbons (Fsp3) is 0.273. The van der Waals surface area contributed by atoms with Crippen molar-refractivity contribution in [2.75, 3.05) is 35.0 Å². The van der Waals surface area contributed by atoms with Crippen molar-refractivity contribution in [2.24, 2.45) is 0 Å². The molecule has 1 N–H and O–H groups in total. The van der Waals surface area contributed by atoms with Crippen molar-refractivity contribution >= 4 is 47.6 Å². The van der Waals surface area contributed by atoms with E-state index in [0.29, 0.717) is 60.0 Å². The number of methoxy groups -OCH3 is 4. The number of rotatable bonds is 7. The van der Waals surface area contributed by atoms with Crippen molar-refractivity contribution in [2.45, 2.75) is 6.54 Å². The normalized spacial score (nSPS) is 11.3. The van der Waals surface area contributed by atoms with Crippen LogP contribution in [0, 0.1) is 0 Å². The largest absolute Gasteiger partial charge is 0.506 e. The Labute approximate surface area is 196 Å². The van der Waals surface area contributed by atoms with E-state index in [2.05, 4.69) is 15.9 Å². The highest BCUT2D eigenvalue weighted by molar-refractivity contribution is 9.10. The predicted molar refractivity (Wildman–Crippen MR) is 128 cm³/mol. The highest BCUT2D eigenvalue weighted by Crippen LogP contribution is 2.48. The number of fused-ring (bicyclic) bond motifs is 3. The van der Waals surface area contributed by atoms with Crippen LogP contribution in [0.1, 0.15) is 0 Å². The number of nitrogens with zero attached hydrogens (tertiary/aromatic N) is 2. The van der Waals surface area contributed by atoms with E-state index in [9.17, 15) is 9.90 Å². The molecule has 4 rings (SSSR count). The molecule has 4 aromatic rings. The molecule has 0 spiro atoms. The molecule has 8 nitrogen and oxygen atoms in total. The van der Waals surface area contributed by atoms with Gasteiger partial charge in [-0.05, 0) is 28.1 Å². The minimum Gasteiger partial charge on any atom is -0.506 e. The van der Waals surface area contributed by atoms with Crippen molar-refractivity contribution < 1.29 is 24.1 Å². The molecule has 168 valence electrons. The third-order valence-corrected chi connectivity index (χ3v) is 7.04. The molecule has 0 atom stereocenters. The lowest BCUT2D eigenvalue weighted by Crippen LogP contribution is -2.25. The fourth-order valence-electron chi connectivity index (χ4n) is 3.64. The van der Waals surface area contributed by atoms with Gasteiger partial charge in [-0.15, -0.1) is 11.3 Å². The van der Waals surface area contributed by atoms with Gasteiger partial charge in [0.1, 0.15) is 16.4 Å². The summed E-state index contributed by atoms with van der Waals surface area (Å²) < 4.78 is 24.5. The lowest BCUT2D eigenvalue weighted by Gasteiger charge is -2.18. The molecule has 32 heavy (non-hydrogen) atoms. The Balaban J connectivity index is 2.12. The molecular weight excluding hydrogens is 500 g/mol. The molecule has 10 heteroatoms. The molecule has 0 aliphatic carbocycles. The van der Waals surface area contributed by atoms with Gasteiger partial charge in [0.15, 0.2) is 11.5 Å². The number of phenolic OH excluding ortho intramolecular Hbond substituents is 1. The number of thiophene rings is 1. The average Bonchev–Trinajstić information content (AvgIpc) is 3.18. The van der Waals surface area contributed by atoms with Crippen LogP contribution in [0.15, 0.2) is 33.5 Å². The Morgan fingerprint density at radius 3 is 2.53 bits per heavy atom. The Kier molecular flexibility index (Phi) is 6.27. The number of halogens is 1. The van der Waals surface area contributed by atoms with E-state index in [0.717, 1.165) is 0 Å². The van der Waals surface area contributed by atoms with Crippen molar-refractivity contribution in [1.82, 2.24) is 9.55 Å². The van der Waals surface area contributed by atoms with E-state index in [1.54, 1.807) is 29.9 Å². The second-order valence-electron chi connectivity index (χ2n) is 6.83. The van der Waals surface area contributed by atoms with Crippen LogP contribution in [-0.2, 0) is 11.3 Å². The molecule has 2 heterocycles. The van der Waals surface area contributed by atoms with Gasteiger partial charge in [0, 0.05) is 18.1 Å². The number of aromatic nitrogens is 2. The summed E-state index contributed by atoms with van der Waals surface area (Å²) in [6, 6.07) is 6.87. The molecule has 0 amide bonds. The van der Waals surface area contributed by atoms with E-state index in [4.69, 9.17) is 23.9 Å². The minimum absolute atomic E-state index is 0.115. The lowest BCUT2D eigenvalue weighted by atomic mass is 10.1. The molecule has 0 radical (unpaired) electrons. The Hall–Kier alpha value is -2.82. The molecule has 0 saturated heterocycles. The van der Waals surface area contributed by atoms with Crippen LogP contribution in [0.5, 0.6) is 23.0 Å². The Bertz CT molecular complexity index is 1380. The SMILES string of the molecule is COCCn1c(-c2cc(OC)c(OC)c(OC)c2Br)nc2sc3c(O)cccc3c2c1=O. The van der Waals surface area contributed by atoms with Gasteiger partial charge in [0.25, 0.3) is 5.56 Å². The first-order valence-electron chi connectivity index (χ1n) is 9.59. The smallest absolute Gasteiger partial charge is 0.263 e. The van der Waals surface area contributed by atoms with Gasteiger partial charge in [-0.1, -0.05) is 12.1 Å². The highest BCUT2D eigenvalue weighted by Gasteiger charge is 2.25. The zero-order chi connectivity index (χ0) is 23.0. The summed E-state index contributed by atoms with van der Waals surface area (Å²) in [4.78, 5) is 19.0. The van der Waals surface area contributed by atoms with Gasteiger partial charge in [0.05, 0.1) is 49.0 Å². The average molecular weight is 521 g/mol. The van der Waals surface area contributed by atoms with Gasteiger partial charge in [-0.3, -0.25) is 9.36 Å². The van der Waals surface area contributed by atoms with Crippen LogP contribution in [0.4, 0.5) is 0 Å². The van der Waals surface area contributed by atoms with Crippen molar-refractivity contribution in [3.63, 3.8) is 0 Å². The number of benzene rings is 2. The summed E-state index contributed by atoms with van der Waals surface area (Å²) >= 11 is 4.86. The van der Waals surface area contributed by atoms with E-state index in [1.807, 2.05) is 6.07 Å². The molecule has 0 aliphatic rings. The lowest BCUT2D eigenvalue weighted by molar-refractivity contribution is 0.186. The molecular formula is C22H21BrN2O6S. The fourth-order valence-corrected chi connectivity index (χ4v) is 5.36. The van der Waals surface area contributed by atoms with Crippen LogP contribution in [0.3, 0.4) is 0 Å². The number of hydrogen-bond donors (Lipinski definition) is 1. The van der Waals surface area contributed by atoms with Crippen LogP contribution >= 0.6 is 27.3 Å². The zero-order valence-corrected chi connectivity index (χ0v) is 20.3. The maximum Gasteiger partial charge on any atom is 0.263 e. The van der Waals surface area contributed by atoms with Crippen LogP contribution in [-0.4, -0.2) is 49.7 Å². The second-order valence-corrected chi connectivity index (χ2v) is 8.62. The molecule has 0 bridgehead atoms. The zero-order valence-electron chi connectivity index (χ0n) is 17.9. The molecule has 2 aromatic heterocycles. The standard InChI is InChI=1S/C22H21BrN2O6S/c1-28-9-8-25-20(12-10-14(29-2)17(30-3)18(31-4)16(12)23)24-21-15(22(25)27)11-6-5-7-13(26)19(11)32-21/h5-7,10,26H,8-9H2,1-4H3. The van der Waals surface area contributed by atoms with Crippen molar-refractivity contribution in [3.8, 4) is 34.4 Å². The van der Waals surface area contributed by atoms with Gasteiger partial charge in [-0.25, -0.2) is 4.98 Å². The Morgan fingerprint density at radius 2 is 1.88 bits per heavy atom. The summed E-state index contributed by atoms with van der Waals surface area (Å²) in [5, 5.41) is 11.4. The number of phenols is 1. The second kappa shape index (κ2) is 8.97. The van der Waals surface area contributed by atoms with Gasteiger partial charge in [-0.2, -0.15) is 0 Å². The molecule has 0 fully saturated rings. The monoisotopic (exact) mass is 520 g/mol. The maximum absolute atomic E-state index is 13.6. The van der Waals surface area contributed by atoms with Crippen LogP contribution in [0.2, 0.25) is 0 Å². The first kappa shape index (κ1) is 22.4. The van der Waals surface area contributed by atoms with Gasteiger partial charge < -0.3 is 24.1 Å². The Morgan fingerprint density at radius 1 is 1.12 bits per heavy atom. The van der Waals surface area contributed by atoms with E-state index in [1.165, 1.54) is 32.7 Å². The van der Waals surface area contributed by atoms with E-state index < -0.39 is 0 Å².